The fourth-order valence-corrected chi connectivity index (χ4v) is 0.620. The number of hydrogen-bond donors (Lipinski definition) is 0. The van der Waals surface area contributed by atoms with Gasteiger partial charge in [-0.1, -0.05) is 20.8 Å². The molecule has 0 bridgehead atoms. The Hall–Kier alpha value is -1.39. The summed E-state index contributed by atoms with van der Waals surface area (Å²) in [6.07, 6.45) is 0.539. The van der Waals surface area contributed by atoms with Crippen molar-refractivity contribution >= 4 is 41.1 Å². The fourth-order valence-electron chi connectivity index (χ4n) is 0.620. The maximum atomic E-state index is 10.4. The molecular formula is C12H19AlO7. The number of carboxylic acids is 3. The van der Waals surface area contributed by atoms with Gasteiger partial charge in [-0.25, -0.2) is 0 Å². The first-order valence-corrected chi connectivity index (χ1v) is 5.74. The zero-order valence-corrected chi connectivity index (χ0v) is 13.3. The molecule has 0 heterocycles. The van der Waals surface area contributed by atoms with Crippen LogP contribution in [-0.4, -0.2) is 41.1 Å². The minimum Gasteiger partial charge on any atom is -0.550 e. The third kappa shape index (κ3) is 25.5. The van der Waals surface area contributed by atoms with E-state index < -0.39 is 23.8 Å². The first-order valence-electron chi connectivity index (χ1n) is 5.74. The van der Waals surface area contributed by atoms with E-state index in [4.69, 9.17) is 0 Å². The van der Waals surface area contributed by atoms with E-state index in [0.29, 0.717) is 6.42 Å². The molecule has 0 rings (SSSR count). The number of aliphatic carboxylic acids is 3. The van der Waals surface area contributed by atoms with E-state index in [1.807, 2.05) is 0 Å². The number of carbonyl (C=O) groups is 4. The maximum Gasteiger partial charge on any atom is 3.00 e. The molecule has 8 heteroatoms. The molecule has 0 spiro atoms. The molecule has 1 atom stereocenters. The van der Waals surface area contributed by atoms with Crippen molar-refractivity contribution in [1.82, 2.24) is 0 Å². The molecule has 0 fully saturated rings. The number of rotatable bonds is 5. The Morgan fingerprint density at radius 1 is 0.850 bits per heavy atom. The Morgan fingerprint density at radius 3 is 1.10 bits per heavy atom. The van der Waals surface area contributed by atoms with Crippen molar-refractivity contribution in [3.05, 3.63) is 0 Å². The zero-order chi connectivity index (χ0) is 16.0. The van der Waals surface area contributed by atoms with Gasteiger partial charge >= 0.3 is 17.4 Å². The van der Waals surface area contributed by atoms with Gasteiger partial charge in [-0.3, -0.25) is 4.79 Å². The predicted octanol–water partition coefficient (Wildman–Crippen LogP) is -2.74. The third-order valence-electron chi connectivity index (χ3n) is 1.76. The summed E-state index contributed by atoms with van der Waals surface area (Å²) in [7, 11) is 0. The normalized spacial score (nSPS) is 9.40. The largest absolute Gasteiger partial charge is 3.00 e. The average molecular weight is 302 g/mol. The molecule has 0 amide bonds. The van der Waals surface area contributed by atoms with Gasteiger partial charge in [-0.2, -0.15) is 0 Å². The van der Waals surface area contributed by atoms with Crippen molar-refractivity contribution in [3.8, 4) is 0 Å². The second-order valence-electron chi connectivity index (χ2n) is 3.34. The van der Waals surface area contributed by atoms with Gasteiger partial charge < -0.3 is 29.7 Å². The van der Waals surface area contributed by atoms with Crippen LogP contribution in [0.1, 0.15) is 47.0 Å². The van der Waals surface area contributed by atoms with Gasteiger partial charge in [-0.15, -0.1) is 0 Å². The topological polar surface area (TPSA) is 137 Å². The smallest absolute Gasteiger partial charge is 0.550 e. The summed E-state index contributed by atoms with van der Waals surface area (Å²) in [6.45, 7) is 5.97. The van der Waals surface area contributed by atoms with Gasteiger partial charge in [-0.05, 0) is 26.2 Å². The number of ketones is 1. The minimum atomic E-state index is -1.27. The van der Waals surface area contributed by atoms with Crippen LogP contribution < -0.4 is 15.3 Å². The number of hydrogen-bond acceptors (Lipinski definition) is 7. The van der Waals surface area contributed by atoms with E-state index in [0.717, 1.165) is 0 Å². The Bertz CT molecular complexity index is 274. The van der Waals surface area contributed by atoms with Crippen LogP contribution in [0.15, 0.2) is 0 Å². The van der Waals surface area contributed by atoms with E-state index in [1.165, 1.54) is 20.8 Å². The standard InChI is InChI=1S/C6H10O3.2C3H6O2.Al/c1-3-5(4(2)7)6(8)9;2*1-2-3(4)5;/h5H,3H2,1-2H3,(H,8,9);2*2H2,1H3,(H,4,5);/q;;;+3/p-3. The van der Waals surface area contributed by atoms with E-state index in [2.05, 4.69) is 0 Å². The van der Waals surface area contributed by atoms with E-state index >= 15 is 0 Å². The molecule has 0 radical (unpaired) electrons. The number of carbonyl (C=O) groups excluding carboxylic acids is 4. The monoisotopic (exact) mass is 302 g/mol. The Labute approximate surface area is 129 Å². The number of carboxylic acid groups (broad SMARTS) is 3. The van der Waals surface area contributed by atoms with E-state index in [9.17, 15) is 34.5 Å². The Kier molecular flexibility index (Phi) is 23.8. The van der Waals surface area contributed by atoms with Crippen LogP contribution >= 0.6 is 0 Å². The SMILES string of the molecule is CCC(=O)[O-].CCC(=O)[O-].CCC(C(C)=O)C(=O)[O-].[Al+3]. The molecule has 0 aliphatic carbocycles. The van der Waals surface area contributed by atoms with Crippen molar-refractivity contribution in [2.45, 2.75) is 47.0 Å². The molecule has 20 heavy (non-hydrogen) atoms. The molecule has 0 aliphatic heterocycles. The molecule has 0 saturated heterocycles. The van der Waals surface area contributed by atoms with Crippen molar-refractivity contribution in [1.29, 1.82) is 0 Å². The molecule has 0 saturated carbocycles. The van der Waals surface area contributed by atoms with Gasteiger partial charge in [0.05, 0.1) is 11.9 Å². The van der Waals surface area contributed by atoms with Gasteiger partial charge in [0.15, 0.2) is 0 Å². The van der Waals surface area contributed by atoms with Crippen LogP contribution in [0.2, 0.25) is 0 Å². The van der Waals surface area contributed by atoms with Crippen molar-refractivity contribution in [2.24, 2.45) is 5.92 Å². The number of Topliss-reactive ketones (excluding diaryl/α,β-unsaturated/α-hetero) is 1. The Morgan fingerprint density at radius 2 is 1.10 bits per heavy atom. The van der Waals surface area contributed by atoms with Crippen molar-refractivity contribution < 1.29 is 34.5 Å². The van der Waals surface area contributed by atoms with E-state index in [-0.39, 0.29) is 36.0 Å². The summed E-state index contributed by atoms with van der Waals surface area (Å²) in [5.41, 5.74) is 0. The van der Waals surface area contributed by atoms with Crippen LogP contribution in [-0.2, 0) is 19.2 Å². The summed E-state index contributed by atoms with van der Waals surface area (Å²) < 4.78 is 0. The third-order valence-corrected chi connectivity index (χ3v) is 1.76. The molecule has 0 aromatic heterocycles. The van der Waals surface area contributed by atoms with Gasteiger partial charge in [0, 0.05) is 11.9 Å². The van der Waals surface area contributed by atoms with E-state index in [1.54, 1.807) is 6.92 Å². The molecule has 0 aromatic carbocycles. The molecule has 0 aliphatic rings. The van der Waals surface area contributed by atoms with Crippen LogP contribution in [0.5, 0.6) is 0 Å². The zero-order valence-electron chi connectivity index (χ0n) is 12.1. The molecular weight excluding hydrogens is 283 g/mol. The summed E-state index contributed by atoms with van der Waals surface area (Å²) >= 11 is 0. The molecule has 1 unspecified atom stereocenters. The summed E-state index contributed by atoms with van der Waals surface area (Å²) in [6, 6.07) is 0. The predicted molar refractivity (Wildman–Crippen MR) is 65.8 cm³/mol. The van der Waals surface area contributed by atoms with Gasteiger partial charge in [0.1, 0.15) is 5.78 Å². The first kappa shape index (κ1) is 27.0. The molecule has 7 nitrogen and oxygen atoms in total. The minimum absolute atomic E-state index is 0. The fraction of sp³-hybridized carbons (Fsp3) is 0.667. The van der Waals surface area contributed by atoms with Crippen LogP contribution in [0.4, 0.5) is 0 Å². The maximum absolute atomic E-state index is 10.4. The summed E-state index contributed by atoms with van der Waals surface area (Å²) in [5.74, 6) is -4.51. The van der Waals surface area contributed by atoms with Crippen LogP contribution in [0.3, 0.4) is 0 Å². The van der Waals surface area contributed by atoms with Crippen LogP contribution in [0.25, 0.3) is 0 Å². The Balaban J connectivity index is -0.000000101. The van der Waals surface area contributed by atoms with Crippen molar-refractivity contribution in [3.63, 3.8) is 0 Å². The van der Waals surface area contributed by atoms with Crippen LogP contribution in [0, 0.1) is 5.92 Å². The summed E-state index contributed by atoms with van der Waals surface area (Å²) in [5, 5.41) is 28.6. The second-order valence-corrected chi connectivity index (χ2v) is 3.34. The first-order chi connectivity index (χ1) is 8.63. The average Bonchev–Trinajstić information content (AvgIpc) is 2.30. The molecule has 112 valence electrons. The molecule has 0 aromatic rings. The van der Waals surface area contributed by atoms with Crippen molar-refractivity contribution in [2.75, 3.05) is 0 Å². The summed E-state index contributed by atoms with van der Waals surface area (Å²) in [4.78, 5) is 38.9. The molecule has 0 N–H and O–H groups in total. The second kappa shape index (κ2) is 17.6. The quantitative estimate of drug-likeness (QED) is 0.397. The van der Waals surface area contributed by atoms with Gasteiger partial charge in [0.2, 0.25) is 0 Å². The van der Waals surface area contributed by atoms with Gasteiger partial charge in [0.25, 0.3) is 0 Å².